The van der Waals surface area contributed by atoms with E-state index in [4.69, 9.17) is 16.3 Å². The molecule has 0 fully saturated rings. The summed E-state index contributed by atoms with van der Waals surface area (Å²) in [5.41, 5.74) is 0.158. The van der Waals surface area contributed by atoms with Crippen molar-refractivity contribution < 1.29 is 22.3 Å². The number of ether oxygens (including phenoxy) is 1. The molecular formula is C16H15ClFNO4S. The van der Waals surface area contributed by atoms with Crippen LogP contribution in [-0.4, -0.2) is 26.8 Å². The summed E-state index contributed by atoms with van der Waals surface area (Å²) in [4.78, 5) is 11.5. The fraction of sp³-hybridized carbons (Fsp3) is 0.188. The first-order valence-corrected chi connectivity index (χ1v) is 8.73. The molecule has 0 saturated heterocycles. The van der Waals surface area contributed by atoms with Crippen LogP contribution in [0, 0.1) is 5.82 Å². The van der Waals surface area contributed by atoms with Crippen molar-refractivity contribution >= 4 is 32.6 Å². The molecule has 2 aromatic rings. The molecule has 0 saturated carbocycles. The zero-order valence-corrected chi connectivity index (χ0v) is 14.5. The van der Waals surface area contributed by atoms with Gasteiger partial charge in [0.2, 0.25) is 5.24 Å². The molecule has 0 aliphatic rings. The van der Waals surface area contributed by atoms with Crippen LogP contribution in [0.4, 0.5) is 10.1 Å². The molecule has 5 nitrogen and oxygen atoms in total. The van der Waals surface area contributed by atoms with Gasteiger partial charge in [-0.05, 0) is 54.9 Å². The Morgan fingerprint density at radius 2 is 1.75 bits per heavy atom. The van der Waals surface area contributed by atoms with Crippen molar-refractivity contribution in [3.63, 3.8) is 0 Å². The predicted molar refractivity (Wildman–Crippen MR) is 89.4 cm³/mol. The minimum Gasteiger partial charge on any atom is -0.495 e. The van der Waals surface area contributed by atoms with Crippen LogP contribution < -0.4 is 9.04 Å². The Labute approximate surface area is 144 Å². The van der Waals surface area contributed by atoms with Crippen LogP contribution in [0.1, 0.15) is 6.92 Å². The quantitative estimate of drug-likeness (QED) is 0.731. The molecule has 0 aromatic heterocycles. The lowest BCUT2D eigenvalue weighted by Crippen LogP contribution is -2.42. The lowest BCUT2D eigenvalue weighted by molar-refractivity contribution is -0.112. The van der Waals surface area contributed by atoms with Crippen LogP contribution in [0.3, 0.4) is 0 Å². The minimum atomic E-state index is -4.17. The molecule has 0 N–H and O–H groups in total. The van der Waals surface area contributed by atoms with E-state index >= 15 is 0 Å². The van der Waals surface area contributed by atoms with Gasteiger partial charge in [0.05, 0.1) is 17.7 Å². The van der Waals surface area contributed by atoms with Gasteiger partial charge in [-0.2, -0.15) is 0 Å². The number of para-hydroxylation sites is 2. The molecular weight excluding hydrogens is 357 g/mol. The number of methoxy groups -OCH3 is 1. The number of carbonyl (C=O) groups is 1. The second-order valence-electron chi connectivity index (χ2n) is 4.91. The third-order valence-electron chi connectivity index (χ3n) is 3.37. The van der Waals surface area contributed by atoms with Gasteiger partial charge >= 0.3 is 0 Å². The van der Waals surface area contributed by atoms with Gasteiger partial charge in [-0.25, -0.2) is 12.8 Å². The average Bonchev–Trinajstić information content (AvgIpc) is 2.55. The van der Waals surface area contributed by atoms with Gasteiger partial charge in [0, 0.05) is 0 Å². The number of carbonyl (C=O) groups excluding carboxylic acids is 1. The maximum absolute atomic E-state index is 13.1. The third kappa shape index (κ3) is 3.52. The SMILES string of the molecule is COc1ccccc1N(C(C)C(=O)Cl)S(=O)(=O)c1ccc(F)cc1. The highest BCUT2D eigenvalue weighted by Crippen LogP contribution is 2.34. The summed E-state index contributed by atoms with van der Waals surface area (Å²) in [5.74, 6) is -0.313. The van der Waals surface area contributed by atoms with E-state index < -0.39 is 27.1 Å². The molecule has 2 rings (SSSR count). The van der Waals surface area contributed by atoms with Crippen LogP contribution in [0.15, 0.2) is 53.4 Å². The highest BCUT2D eigenvalue weighted by atomic mass is 35.5. The van der Waals surface area contributed by atoms with Crippen LogP contribution in [0.2, 0.25) is 0 Å². The molecule has 128 valence electrons. The normalized spacial score (nSPS) is 12.5. The molecule has 8 heteroatoms. The van der Waals surface area contributed by atoms with Gasteiger partial charge in [0.15, 0.2) is 0 Å². The molecule has 0 aliphatic carbocycles. The largest absolute Gasteiger partial charge is 0.495 e. The van der Waals surface area contributed by atoms with Gasteiger partial charge in [0.1, 0.15) is 17.6 Å². The Balaban J connectivity index is 2.66. The second kappa shape index (κ2) is 7.19. The van der Waals surface area contributed by atoms with Crippen molar-refractivity contribution in [2.75, 3.05) is 11.4 Å². The van der Waals surface area contributed by atoms with Gasteiger partial charge in [0.25, 0.3) is 10.0 Å². The number of benzene rings is 2. The number of nitrogens with zero attached hydrogens (tertiary/aromatic N) is 1. The van der Waals surface area contributed by atoms with Crippen molar-refractivity contribution in [1.29, 1.82) is 0 Å². The van der Waals surface area contributed by atoms with E-state index in [0.29, 0.717) is 0 Å². The molecule has 0 radical (unpaired) electrons. The van der Waals surface area contributed by atoms with Crippen molar-refractivity contribution in [1.82, 2.24) is 0 Å². The van der Waals surface area contributed by atoms with Gasteiger partial charge in [-0.15, -0.1) is 0 Å². The summed E-state index contributed by atoms with van der Waals surface area (Å²) in [6, 6.07) is 9.45. The van der Waals surface area contributed by atoms with E-state index in [0.717, 1.165) is 28.6 Å². The molecule has 0 bridgehead atoms. The maximum atomic E-state index is 13.1. The van der Waals surface area contributed by atoms with Crippen molar-refractivity contribution in [3.05, 3.63) is 54.3 Å². The predicted octanol–water partition coefficient (Wildman–Crippen LogP) is 3.18. The van der Waals surface area contributed by atoms with Gasteiger partial charge < -0.3 is 4.74 Å². The first-order chi connectivity index (χ1) is 11.3. The standard InChI is InChI=1S/C16H15ClFNO4S/c1-11(16(17)20)19(14-5-3-4-6-15(14)23-2)24(21,22)13-9-7-12(18)8-10-13/h3-11H,1-2H3. The fourth-order valence-electron chi connectivity index (χ4n) is 2.17. The molecule has 0 heterocycles. The Bertz CT molecular complexity index is 839. The highest BCUT2D eigenvalue weighted by molar-refractivity contribution is 7.93. The second-order valence-corrected chi connectivity index (χ2v) is 7.09. The van der Waals surface area contributed by atoms with E-state index in [-0.39, 0.29) is 16.3 Å². The summed E-state index contributed by atoms with van der Waals surface area (Å²) in [6.07, 6.45) is 0. The van der Waals surface area contributed by atoms with E-state index in [1.165, 1.54) is 20.1 Å². The summed E-state index contributed by atoms with van der Waals surface area (Å²) >= 11 is 5.54. The number of hydrogen-bond donors (Lipinski definition) is 0. The Kier molecular flexibility index (Phi) is 5.46. The maximum Gasteiger partial charge on any atom is 0.265 e. The molecule has 0 spiro atoms. The lowest BCUT2D eigenvalue weighted by atomic mass is 10.2. The molecule has 2 aromatic carbocycles. The zero-order valence-electron chi connectivity index (χ0n) is 12.9. The van der Waals surface area contributed by atoms with Crippen LogP contribution in [-0.2, 0) is 14.8 Å². The van der Waals surface area contributed by atoms with E-state index in [1.807, 2.05) is 0 Å². The minimum absolute atomic E-state index is 0.158. The van der Waals surface area contributed by atoms with Crippen LogP contribution in [0.25, 0.3) is 0 Å². The van der Waals surface area contributed by atoms with E-state index in [1.54, 1.807) is 18.2 Å². The van der Waals surface area contributed by atoms with Crippen LogP contribution in [0.5, 0.6) is 5.75 Å². The average molecular weight is 372 g/mol. The first kappa shape index (κ1) is 18.2. The number of hydrogen-bond acceptors (Lipinski definition) is 4. The Morgan fingerprint density at radius 1 is 1.17 bits per heavy atom. The Morgan fingerprint density at radius 3 is 2.29 bits per heavy atom. The molecule has 0 amide bonds. The van der Waals surface area contributed by atoms with Gasteiger partial charge in [-0.3, -0.25) is 9.10 Å². The lowest BCUT2D eigenvalue weighted by Gasteiger charge is -2.29. The smallest absolute Gasteiger partial charge is 0.265 e. The summed E-state index contributed by atoms with van der Waals surface area (Å²) < 4.78 is 45.1. The third-order valence-corrected chi connectivity index (χ3v) is 5.59. The number of sulfonamides is 1. The molecule has 0 aliphatic heterocycles. The fourth-order valence-corrected chi connectivity index (χ4v) is 3.95. The summed E-state index contributed by atoms with van der Waals surface area (Å²) in [6.45, 7) is 1.36. The molecule has 1 atom stereocenters. The van der Waals surface area contributed by atoms with E-state index in [9.17, 15) is 17.6 Å². The van der Waals surface area contributed by atoms with E-state index in [2.05, 4.69) is 0 Å². The van der Waals surface area contributed by atoms with Crippen LogP contribution >= 0.6 is 11.6 Å². The zero-order chi connectivity index (χ0) is 17.9. The molecule has 24 heavy (non-hydrogen) atoms. The number of rotatable bonds is 6. The first-order valence-electron chi connectivity index (χ1n) is 6.91. The van der Waals surface area contributed by atoms with Gasteiger partial charge in [-0.1, -0.05) is 12.1 Å². The molecule has 1 unspecified atom stereocenters. The van der Waals surface area contributed by atoms with Crippen molar-refractivity contribution in [2.45, 2.75) is 17.9 Å². The topological polar surface area (TPSA) is 63.7 Å². The van der Waals surface area contributed by atoms with Crippen molar-refractivity contribution in [2.24, 2.45) is 0 Å². The number of halogens is 2. The highest BCUT2D eigenvalue weighted by Gasteiger charge is 2.34. The monoisotopic (exact) mass is 371 g/mol. The Hall–Kier alpha value is -2.12. The number of anilines is 1. The van der Waals surface area contributed by atoms with Crippen molar-refractivity contribution in [3.8, 4) is 5.75 Å². The summed E-state index contributed by atoms with van der Waals surface area (Å²) in [7, 11) is -2.78. The summed E-state index contributed by atoms with van der Waals surface area (Å²) in [5, 5.41) is -0.855.